The van der Waals surface area contributed by atoms with Gasteiger partial charge in [-0.1, -0.05) is 6.07 Å². The van der Waals surface area contributed by atoms with Crippen LogP contribution in [0.4, 0.5) is 4.39 Å². The molecule has 0 unspecified atom stereocenters. The van der Waals surface area contributed by atoms with Gasteiger partial charge in [0.2, 0.25) is 0 Å². The summed E-state index contributed by atoms with van der Waals surface area (Å²) in [6, 6.07) is 8.86. The van der Waals surface area contributed by atoms with Crippen LogP contribution in [-0.4, -0.2) is 14.5 Å². The Kier molecular flexibility index (Phi) is 3.18. The Bertz CT molecular complexity index is 795. The zero-order valence-electron chi connectivity index (χ0n) is 11.2. The Morgan fingerprint density at radius 2 is 1.95 bits per heavy atom. The summed E-state index contributed by atoms with van der Waals surface area (Å²) in [7, 11) is 0. The number of pyridine rings is 1. The Balaban J connectivity index is 2.32. The second kappa shape index (κ2) is 4.87. The van der Waals surface area contributed by atoms with E-state index in [0.29, 0.717) is 22.7 Å². The normalized spacial score (nSPS) is 11.2. The van der Waals surface area contributed by atoms with E-state index in [1.165, 1.54) is 6.07 Å². The molecule has 0 spiro atoms. The average Bonchev–Trinajstić information content (AvgIpc) is 2.79. The number of rotatable bonds is 2. The molecule has 0 fully saturated rings. The van der Waals surface area contributed by atoms with Crippen LogP contribution in [0.5, 0.6) is 0 Å². The molecule has 3 rings (SSSR count). The molecule has 0 N–H and O–H groups in total. The Morgan fingerprint density at radius 3 is 2.65 bits per heavy atom. The second-order valence-electron chi connectivity index (χ2n) is 4.73. The summed E-state index contributed by atoms with van der Waals surface area (Å²) in [6.45, 7) is 3.64. The van der Waals surface area contributed by atoms with E-state index in [9.17, 15) is 4.39 Å². The molecule has 0 bridgehead atoms. The van der Waals surface area contributed by atoms with Gasteiger partial charge in [0.05, 0.1) is 11.6 Å². The van der Waals surface area contributed by atoms with Crippen LogP contribution in [0.1, 0.15) is 17.1 Å². The monoisotopic (exact) mass is 289 g/mol. The minimum atomic E-state index is -0.252. The van der Waals surface area contributed by atoms with E-state index < -0.39 is 0 Å². The fourth-order valence-electron chi connectivity index (χ4n) is 2.18. The first-order valence-corrected chi connectivity index (χ1v) is 6.81. The zero-order chi connectivity index (χ0) is 14.3. The van der Waals surface area contributed by atoms with Crippen molar-refractivity contribution >= 4 is 22.8 Å². The summed E-state index contributed by atoms with van der Waals surface area (Å²) in [5, 5.41) is 0. The maximum atomic E-state index is 13.8. The Hall–Kier alpha value is -1.94. The van der Waals surface area contributed by atoms with E-state index in [2.05, 4.69) is 9.97 Å². The van der Waals surface area contributed by atoms with Gasteiger partial charge < -0.3 is 0 Å². The van der Waals surface area contributed by atoms with Gasteiger partial charge >= 0.3 is 0 Å². The van der Waals surface area contributed by atoms with Crippen LogP contribution in [0.2, 0.25) is 0 Å². The molecule has 102 valence electrons. The lowest BCUT2D eigenvalue weighted by Crippen LogP contribution is -2.01. The molecule has 0 aliphatic rings. The molecule has 0 amide bonds. The van der Waals surface area contributed by atoms with Crippen LogP contribution in [0, 0.1) is 19.7 Å². The van der Waals surface area contributed by atoms with Gasteiger partial charge in [-0.25, -0.2) is 14.4 Å². The summed E-state index contributed by atoms with van der Waals surface area (Å²) in [4.78, 5) is 8.94. The number of hydrogen-bond donors (Lipinski definition) is 0. The predicted molar refractivity (Wildman–Crippen MR) is 77.9 cm³/mol. The molecular formula is C15H13ClFN3. The second-order valence-corrected chi connectivity index (χ2v) is 4.99. The topological polar surface area (TPSA) is 30.7 Å². The number of aryl methyl sites for hydroxylation is 2. The molecule has 2 heterocycles. The number of halogens is 2. The van der Waals surface area contributed by atoms with Crippen molar-refractivity contribution in [3.05, 3.63) is 53.2 Å². The van der Waals surface area contributed by atoms with Gasteiger partial charge in [0.15, 0.2) is 5.65 Å². The number of alkyl halides is 1. The van der Waals surface area contributed by atoms with E-state index in [4.69, 9.17) is 11.6 Å². The Labute approximate surface area is 121 Å². The van der Waals surface area contributed by atoms with Crippen molar-refractivity contribution in [2.75, 3.05) is 0 Å². The third kappa shape index (κ3) is 2.06. The molecule has 1 aromatic carbocycles. The van der Waals surface area contributed by atoms with Crippen molar-refractivity contribution in [2.45, 2.75) is 19.7 Å². The fraction of sp³-hybridized carbons (Fsp3) is 0.200. The number of imidazole rings is 1. The SMILES string of the molecule is Cc1ccc2nc(CCl)n(-c3ccc(C)c(F)c3)c2n1. The van der Waals surface area contributed by atoms with Crippen LogP contribution in [0.25, 0.3) is 16.9 Å². The van der Waals surface area contributed by atoms with Gasteiger partial charge in [0.1, 0.15) is 17.2 Å². The summed E-state index contributed by atoms with van der Waals surface area (Å²) in [6.07, 6.45) is 0. The van der Waals surface area contributed by atoms with E-state index in [1.807, 2.05) is 25.1 Å². The highest BCUT2D eigenvalue weighted by Crippen LogP contribution is 2.23. The first kappa shape index (κ1) is 13.1. The molecule has 20 heavy (non-hydrogen) atoms. The van der Waals surface area contributed by atoms with E-state index in [1.54, 1.807) is 17.6 Å². The summed E-state index contributed by atoms with van der Waals surface area (Å²) >= 11 is 5.96. The number of aromatic nitrogens is 3. The van der Waals surface area contributed by atoms with Crippen molar-refractivity contribution in [1.82, 2.24) is 14.5 Å². The molecule has 3 aromatic rings. The van der Waals surface area contributed by atoms with Crippen LogP contribution in [0.15, 0.2) is 30.3 Å². The van der Waals surface area contributed by atoms with Gasteiger partial charge in [0, 0.05) is 5.69 Å². The van der Waals surface area contributed by atoms with Gasteiger partial charge in [-0.3, -0.25) is 4.57 Å². The maximum absolute atomic E-state index is 13.8. The van der Waals surface area contributed by atoms with Gasteiger partial charge in [-0.15, -0.1) is 11.6 Å². The van der Waals surface area contributed by atoms with Crippen LogP contribution in [-0.2, 0) is 5.88 Å². The molecule has 0 radical (unpaired) electrons. The molecular weight excluding hydrogens is 277 g/mol. The molecule has 3 nitrogen and oxygen atoms in total. The van der Waals surface area contributed by atoms with Crippen molar-refractivity contribution in [3.8, 4) is 5.69 Å². The Morgan fingerprint density at radius 1 is 1.15 bits per heavy atom. The molecule has 0 saturated carbocycles. The first-order chi connectivity index (χ1) is 9.60. The third-order valence-corrected chi connectivity index (χ3v) is 3.49. The van der Waals surface area contributed by atoms with Crippen LogP contribution >= 0.6 is 11.6 Å². The number of benzene rings is 1. The lowest BCUT2D eigenvalue weighted by Gasteiger charge is -2.08. The summed E-state index contributed by atoms with van der Waals surface area (Å²) in [5.41, 5.74) is 3.63. The zero-order valence-corrected chi connectivity index (χ0v) is 11.9. The average molecular weight is 290 g/mol. The van der Waals surface area contributed by atoms with E-state index >= 15 is 0 Å². The van der Waals surface area contributed by atoms with Crippen molar-refractivity contribution in [3.63, 3.8) is 0 Å². The van der Waals surface area contributed by atoms with E-state index in [-0.39, 0.29) is 11.7 Å². The number of hydrogen-bond acceptors (Lipinski definition) is 2. The lowest BCUT2D eigenvalue weighted by molar-refractivity contribution is 0.617. The van der Waals surface area contributed by atoms with Crippen LogP contribution in [0.3, 0.4) is 0 Å². The highest BCUT2D eigenvalue weighted by molar-refractivity contribution is 6.16. The van der Waals surface area contributed by atoms with Gasteiger partial charge in [0.25, 0.3) is 0 Å². The van der Waals surface area contributed by atoms with E-state index in [0.717, 1.165) is 11.2 Å². The third-order valence-electron chi connectivity index (χ3n) is 3.25. The maximum Gasteiger partial charge on any atom is 0.164 e. The molecule has 0 aliphatic heterocycles. The van der Waals surface area contributed by atoms with Crippen molar-refractivity contribution < 1.29 is 4.39 Å². The highest BCUT2D eigenvalue weighted by Gasteiger charge is 2.14. The van der Waals surface area contributed by atoms with Gasteiger partial charge in [-0.05, 0) is 43.7 Å². The number of nitrogens with zero attached hydrogens (tertiary/aromatic N) is 3. The standard InChI is InChI=1S/C15H13ClFN3/c1-9-3-5-11(7-12(9)17)20-14(8-16)19-13-6-4-10(2)18-15(13)20/h3-7H,8H2,1-2H3. The first-order valence-electron chi connectivity index (χ1n) is 6.27. The fourth-order valence-corrected chi connectivity index (χ4v) is 2.36. The smallest absolute Gasteiger partial charge is 0.164 e. The minimum Gasteiger partial charge on any atom is -0.280 e. The van der Waals surface area contributed by atoms with Crippen LogP contribution < -0.4 is 0 Å². The highest BCUT2D eigenvalue weighted by atomic mass is 35.5. The minimum absolute atomic E-state index is 0.241. The molecule has 2 aromatic heterocycles. The largest absolute Gasteiger partial charge is 0.280 e. The van der Waals surface area contributed by atoms with Gasteiger partial charge in [-0.2, -0.15) is 0 Å². The molecule has 5 heteroatoms. The summed E-state index contributed by atoms with van der Waals surface area (Å²) < 4.78 is 15.6. The molecule has 0 saturated heterocycles. The van der Waals surface area contributed by atoms with Crippen molar-refractivity contribution in [1.29, 1.82) is 0 Å². The molecule has 0 aliphatic carbocycles. The lowest BCUT2D eigenvalue weighted by atomic mass is 10.2. The predicted octanol–water partition coefficient (Wildman–Crippen LogP) is 3.92. The quantitative estimate of drug-likeness (QED) is 0.670. The number of fused-ring (bicyclic) bond motifs is 1. The van der Waals surface area contributed by atoms with Crippen molar-refractivity contribution in [2.24, 2.45) is 0 Å². The molecule has 0 atom stereocenters. The summed E-state index contributed by atoms with van der Waals surface area (Å²) in [5.74, 6) is 0.644.